The maximum Gasteiger partial charge on any atom is 0.0480 e. The molecule has 1 aliphatic heterocycles. The highest BCUT2D eigenvalue weighted by Gasteiger charge is 2.21. The largest absolute Gasteiger partial charge is 0.381 e. The Bertz CT molecular complexity index is 128. The first-order valence-corrected chi connectivity index (χ1v) is 4.99. The number of hydrogen-bond acceptors (Lipinski definition) is 2. The quantitative estimate of drug-likeness (QED) is 0.700. The van der Waals surface area contributed by atoms with Gasteiger partial charge in [-0.25, -0.2) is 0 Å². The van der Waals surface area contributed by atoms with E-state index < -0.39 is 0 Å². The minimum atomic E-state index is 0.294. The number of hydrogen-bond donors (Lipinski definition) is 1. The second-order valence-corrected chi connectivity index (χ2v) is 4.27. The Balaban J connectivity index is 2.28. The van der Waals surface area contributed by atoms with Gasteiger partial charge < -0.3 is 10.1 Å². The molecule has 0 bridgehead atoms. The summed E-state index contributed by atoms with van der Waals surface area (Å²) in [5, 5.41) is 3.66. The van der Waals surface area contributed by atoms with Crippen LogP contribution in [0.2, 0.25) is 0 Å². The summed E-state index contributed by atoms with van der Waals surface area (Å²) in [6.07, 6.45) is 3.53. The van der Waals surface area contributed by atoms with Gasteiger partial charge in [-0.3, -0.25) is 0 Å². The monoisotopic (exact) mass is 171 g/mol. The molecule has 1 aliphatic rings. The fourth-order valence-corrected chi connectivity index (χ4v) is 1.50. The average molecular weight is 171 g/mol. The molecule has 1 N–H and O–H groups in total. The molecule has 1 heterocycles. The molecular weight excluding hydrogens is 150 g/mol. The van der Waals surface area contributed by atoms with E-state index in [4.69, 9.17) is 4.74 Å². The number of ether oxygens (including phenoxy) is 1. The van der Waals surface area contributed by atoms with E-state index in [9.17, 15) is 0 Å². The van der Waals surface area contributed by atoms with Crippen molar-refractivity contribution in [3.05, 3.63) is 0 Å². The molecular formula is C10H21NO. The Kier molecular flexibility index (Phi) is 3.53. The molecule has 0 aromatic carbocycles. The van der Waals surface area contributed by atoms with Crippen molar-refractivity contribution >= 4 is 0 Å². The van der Waals surface area contributed by atoms with Crippen molar-refractivity contribution in [2.75, 3.05) is 13.2 Å². The molecule has 2 nitrogen and oxygen atoms in total. The first-order valence-electron chi connectivity index (χ1n) is 4.99. The summed E-state index contributed by atoms with van der Waals surface area (Å²) in [4.78, 5) is 0. The van der Waals surface area contributed by atoms with Crippen LogP contribution in [-0.4, -0.2) is 24.8 Å². The average Bonchev–Trinajstić information content (AvgIpc) is 2.06. The predicted octanol–water partition coefficient (Wildman–Crippen LogP) is 1.94. The zero-order valence-corrected chi connectivity index (χ0v) is 8.52. The molecule has 0 amide bonds. The molecule has 1 fully saturated rings. The molecule has 12 heavy (non-hydrogen) atoms. The zero-order valence-electron chi connectivity index (χ0n) is 8.52. The molecule has 2 heteroatoms. The van der Waals surface area contributed by atoms with Crippen molar-refractivity contribution < 1.29 is 4.74 Å². The third-order valence-electron chi connectivity index (χ3n) is 2.70. The van der Waals surface area contributed by atoms with Gasteiger partial charge in [0, 0.05) is 24.8 Å². The summed E-state index contributed by atoms with van der Waals surface area (Å²) >= 11 is 0. The van der Waals surface area contributed by atoms with Gasteiger partial charge in [0.1, 0.15) is 0 Å². The van der Waals surface area contributed by atoms with E-state index in [1.54, 1.807) is 0 Å². The van der Waals surface area contributed by atoms with Crippen molar-refractivity contribution in [2.24, 2.45) is 0 Å². The van der Waals surface area contributed by atoms with Crippen LogP contribution in [-0.2, 0) is 4.74 Å². The summed E-state index contributed by atoms with van der Waals surface area (Å²) in [6.45, 7) is 8.62. The van der Waals surface area contributed by atoms with E-state index in [2.05, 4.69) is 26.1 Å². The molecule has 0 spiro atoms. The zero-order chi connectivity index (χ0) is 9.03. The summed E-state index contributed by atoms with van der Waals surface area (Å²) in [5.41, 5.74) is 0.294. The third kappa shape index (κ3) is 3.11. The Hall–Kier alpha value is -0.0800. The van der Waals surface area contributed by atoms with Crippen LogP contribution in [0.1, 0.15) is 40.0 Å². The van der Waals surface area contributed by atoms with Gasteiger partial charge in [-0.1, -0.05) is 6.92 Å². The smallest absolute Gasteiger partial charge is 0.0480 e. The van der Waals surface area contributed by atoms with Gasteiger partial charge in [0.25, 0.3) is 0 Å². The van der Waals surface area contributed by atoms with E-state index in [1.165, 1.54) is 19.3 Å². The lowest BCUT2D eigenvalue weighted by Crippen LogP contribution is -2.47. The Morgan fingerprint density at radius 2 is 1.92 bits per heavy atom. The van der Waals surface area contributed by atoms with Gasteiger partial charge in [0.2, 0.25) is 0 Å². The predicted molar refractivity (Wildman–Crippen MR) is 51.3 cm³/mol. The van der Waals surface area contributed by atoms with Crippen LogP contribution in [0.25, 0.3) is 0 Å². The van der Waals surface area contributed by atoms with Crippen LogP contribution >= 0.6 is 0 Å². The molecule has 0 aromatic heterocycles. The van der Waals surface area contributed by atoms with Gasteiger partial charge in [-0.2, -0.15) is 0 Å². The lowest BCUT2D eigenvalue weighted by atomic mass is 9.98. The lowest BCUT2D eigenvalue weighted by molar-refractivity contribution is 0.0698. The Morgan fingerprint density at radius 1 is 1.33 bits per heavy atom. The molecule has 0 saturated carbocycles. The van der Waals surface area contributed by atoms with Crippen LogP contribution in [0.15, 0.2) is 0 Å². The number of rotatable bonds is 3. The van der Waals surface area contributed by atoms with Crippen LogP contribution in [0.4, 0.5) is 0 Å². The van der Waals surface area contributed by atoms with E-state index in [1.807, 2.05) is 0 Å². The SMILES string of the molecule is CCC(C)(C)NC1CCOCC1. The van der Waals surface area contributed by atoms with E-state index in [0.717, 1.165) is 13.2 Å². The van der Waals surface area contributed by atoms with Crippen molar-refractivity contribution in [2.45, 2.75) is 51.6 Å². The van der Waals surface area contributed by atoms with E-state index in [-0.39, 0.29) is 0 Å². The molecule has 1 saturated heterocycles. The second-order valence-electron chi connectivity index (χ2n) is 4.27. The van der Waals surface area contributed by atoms with Crippen LogP contribution < -0.4 is 5.32 Å². The Morgan fingerprint density at radius 3 is 2.42 bits per heavy atom. The maximum absolute atomic E-state index is 5.31. The summed E-state index contributed by atoms with van der Waals surface area (Å²) in [5.74, 6) is 0. The van der Waals surface area contributed by atoms with Crippen molar-refractivity contribution in [3.63, 3.8) is 0 Å². The first kappa shape index (κ1) is 10.0. The minimum absolute atomic E-state index is 0.294. The van der Waals surface area contributed by atoms with Crippen molar-refractivity contribution in [1.29, 1.82) is 0 Å². The molecule has 0 aromatic rings. The molecule has 72 valence electrons. The lowest BCUT2D eigenvalue weighted by Gasteiger charge is -2.33. The maximum atomic E-state index is 5.31. The van der Waals surface area contributed by atoms with Gasteiger partial charge in [-0.15, -0.1) is 0 Å². The van der Waals surface area contributed by atoms with Crippen LogP contribution in [0.3, 0.4) is 0 Å². The molecule has 0 atom stereocenters. The highest BCUT2D eigenvalue weighted by molar-refractivity contribution is 4.82. The first-order chi connectivity index (χ1) is 5.64. The standard InChI is InChI=1S/C10H21NO/c1-4-10(2,3)11-9-5-7-12-8-6-9/h9,11H,4-8H2,1-3H3. The topological polar surface area (TPSA) is 21.3 Å². The fourth-order valence-electron chi connectivity index (χ4n) is 1.50. The van der Waals surface area contributed by atoms with Gasteiger partial charge in [-0.05, 0) is 33.1 Å². The highest BCUT2D eigenvalue weighted by atomic mass is 16.5. The molecule has 0 unspecified atom stereocenters. The highest BCUT2D eigenvalue weighted by Crippen LogP contribution is 2.14. The van der Waals surface area contributed by atoms with E-state index >= 15 is 0 Å². The van der Waals surface area contributed by atoms with Crippen molar-refractivity contribution in [3.8, 4) is 0 Å². The van der Waals surface area contributed by atoms with Crippen molar-refractivity contribution in [1.82, 2.24) is 5.32 Å². The van der Waals surface area contributed by atoms with Gasteiger partial charge in [0.15, 0.2) is 0 Å². The fraction of sp³-hybridized carbons (Fsp3) is 1.00. The molecule has 0 radical (unpaired) electrons. The third-order valence-corrected chi connectivity index (χ3v) is 2.70. The summed E-state index contributed by atoms with van der Waals surface area (Å²) < 4.78 is 5.31. The van der Waals surface area contributed by atoms with Gasteiger partial charge >= 0.3 is 0 Å². The number of nitrogens with one attached hydrogen (secondary N) is 1. The normalized spacial score (nSPS) is 21.2. The Labute approximate surface area is 75.7 Å². The van der Waals surface area contributed by atoms with E-state index in [0.29, 0.717) is 11.6 Å². The second kappa shape index (κ2) is 4.24. The summed E-state index contributed by atoms with van der Waals surface area (Å²) in [6, 6.07) is 0.675. The van der Waals surface area contributed by atoms with Crippen LogP contribution in [0.5, 0.6) is 0 Å². The minimum Gasteiger partial charge on any atom is -0.381 e. The van der Waals surface area contributed by atoms with Gasteiger partial charge in [0.05, 0.1) is 0 Å². The summed E-state index contributed by atoms with van der Waals surface area (Å²) in [7, 11) is 0. The molecule has 1 rings (SSSR count). The molecule has 0 aliphatic carbocycles. The van der Waals surface area contributed by atoms with Crippen LogP contribution in [0, 0.1) is 0 Å².